The van der Waals surface area contributed by atoms with Crippen LogP contribution in [0, 0.1) is 5.82 Å². The van der Waals surface area contributed by atoms with Crippen molar-refractivity contribution >= 4 is 28.2 Å². The summed E-state index contributed by atoms with van der Waals surface area (Å²) in [5.74, 6) is -0.345. The minimum Gasteiger partial charge on any atom is -0.394 e. The van der Waals surface area contributed by atoms with E-state index in [4.69, 9.17) is 9.94 Å². The molecular weight excluding hydrogens is 387 g/mol. The SMILES string of the molecule is O=C(NOCCO)c1c(Nc2ccc(C3CC3)cc2F)c2cnccc2n1C1CC1. The van der Waals surface area contributed by atoms with E-state index in [0.29, 0.717) is 23.0 Å². The molecule has 2 heterocycles. The first-order valence-electron chi connectivity index (χ1n) is 10.2. The molecule has 7 nitrogen and oxygen atoms in total. The summed E-state index contributed by atoms with van der Waals surface area (Å²) in [7, 11) is 0. The molecule has 0 spiro atoms. The maximum atomic E-state index is 14.8. The summed E-state index contributed by atoms with van der Waals surface area (Å²) >= 11 is 0. The number of benzene rings is 1. The van der Waals surface area contributed by atoms with Gasteiger partial charge in [-0.2, -0.15) is 0 Å². The predicted molar refractivity (Wildman–Crippen MR) is 110 cm³/mol. The maximum Gasteiger partial charge on any atom is 0.293 e. The first-order valence-corrected chi connectivity index (χ1v) is 10.2. The Bertz CT molecular complexity index is 1110. The number of amides is 1. The van der Waals surface area contributed by atoms with E-state index in [1.165, 1.54) is 0 Å². The molecule has 0 radical (unpaired) electrons. The van der Waals surface area contributed by atoms with Crippen LogP contribution in [-0.4, -0.2) is 33.8 Å². The molecule has 2 aromatic heterocycles. The van der Waals surface area contributed by atoms with Gasteiger partial charge in [-0.15, -0.1) is 0 Å². The summed E-state index contributed by atoms with van der Waals surface area (Å²) in [6, 6.07) is 7.29. The van der Waals surface area contributed by atoms with Crippen LogP contribution in [0.5, 0.6) is 0 Å². The van der Waals surface area contributed by atoms with Gasteiger partial charge in [-0.3, -0.25) is 14.6 Å². The fraction of sp³-hybridized carbons (Fsp3) is 0.364. The Labute approximate surface area is 172 Å². The van der Waals surface area contributed by atoms with Crippen LogP contribution in [0.1, 0.15) is 53.7 Å². The van der Waals surface area contributed by atoms with Gasteiger partial charge in [0.1, 0.15) is 11.5 Å². The Morgan fingerprint density at radius 1 is 1.27 bits per heavy atom. The monoisotopic (exact) mass is 410 g/mol. The van der Waals surface area contributed by atoms with Gasteiger partial charge >= 0.3 is 0 Å². The molecule has 0 saturated heterocycles. The molecule has 2 saturated carbocycles. The Morgan fingerprint density at radius 3 is 2.80 bits per heavy atom. The van der Waals surface area contributed by atoms with Crippen LogP contribution in [-0.2, 0) is 4.84 Å². The van der Waals surface area contributed by atoms with E-state index in [1.807, 2.05) is 16.7 Å². The number of fused-ring (bicyclic) bond motifs is 1. The lowest BCUT2D eigenvalue weighted by Crippen LogP contribution is -2.28. The van der Waals surface area contributed by atoms with E-state index in [1.54, 1.807) is 24.5 Å². The number of hydrogen-bond acceptors (Lipinski definition) is 5. The summed E-state index contributed by atoms with van der Waals surface area (Å²) in [6.45, 7) is -0.226. The average Bonchev–Trinajstić information content (AvgIpc) is 3.66. The number of halogens is 1. The van der Waals surface area contributed by atoms with Crippen LogP contribution >= 0.6 is 0 Å². The van der Waals surface area contributed by atoms with Crippen molar-refractivity contribution in [2.24, 2.45) is 0 Å². The lowest BCUT2D eigenvalue weighted by Gasteiger charge is -2.13. The van der Waals surface area contributed by atoms with Gasteiger partial charge in [0, 0.05) is 23.8 Å². The third-order valence-electron chi connectivity index (χ3n) is 5.59. The molecule has 0 aliphatic heterocycles. The largest absolute Gasteiger partial charge is 0.394 e. The lowest BCUT2D eigenvalue weighted by atomic mass is 10.1. The molecule has 2 fully saturated rings. The van der Waals surface area contributed by atoms with E-state index < -0.39 is 5.91 Å². The van der Waals surface area contributed by atoms with E-state index in [-0.39, 0.29) is 25.1 Å². The number of anilines is 2. The van der Waals surface area contributed by atoms with Gasteiger partial charge in [0.25, 0.3) is 5.91 Å². The van der Waals surface area contributed by atoms with E-state index in [0.717, 1.165) is 42.1 Å². The minimum atomic E-state index is -0.455. The summed E-state index contributed by atoms with van der Waals surface area (Å²) in [6.07, 6.45) is 7.50. The van der Waals surface area contributed by atoms with Crippen molar-refractivity contribution in [1.82, 2.24) is 15.0 Å². The van der Waals surface area contributed by atoms with Gasteiger partial charge in [-0.25, -0.2) is 9.87 Å². The smallest absolute Gasteiger partial charge is 0.293 e. The van der Waals surface area contributed by atoms with Gasteiger partial charge in [-0.1, -0.05) is 6.07 Å². The second-order valence-corrected chi connectivity index (χ2v) is 7.86. The van der Waals surface area contributed by atoms with Crippen molar-refractivity contribution in [1.29, 1.82) is 0 Å². The molecule has 1 amide bonds. The Kier molecular flexibility index (Phi) is 4.88. The van der Waals surface area contributed by atoms with Crippen LogP contribution in [0.3, 0.4) is 0 Å². The topological polar surface area (TPSA) is 88.4 Å². The van der Waals surface area contributed by atoms with Crippen molar-refractivity contribution in [2.75, 3.05) is 18.5 Å². The number of carbonyl (C=O) groups is 1. The van der Waals surface area contributed by atoms with Gasteiger partial charge in [0.2, 0.25) is 0 Å². The summed E-state index contributed by atoms with van der Waals surface area (Å²) < 4.78 is 16.8. The molecule has 0 bridgehead atoms. The quantitative estimate of drug-likeness (QED) is 0.389. The van der Waals surface area contributed by atoms with Crippen molar-refractivity contribution in [2.45, 2.75) is 37.6 Å². The molecule has 3 N–H and O–H groups in total. The predicted octanol–water partition coefficient (Wildman–Crippen LogP) is 3.79. The molecule has 0 atom stereocenters. The van der Waals surface area contributed by atoms with Crippen LogP contribution in [0.25, 0.3) is 10.9 Å². The molecule has 3 aromatic rings. The van der Waals surface area contributed by atoms with E-state index >= 15 is 0 Å². The fourth-order valence-electron chi connectivity index (χ4n) is 3.87. The maximum absolute atomic E-state index is 14.8. The number of nitrogens with one attached hydrogen (secondary N) is 2. The Balaban J connectivity index is 1.57. The van der Waals surface area contributed by atoms with Crippen LogP contribution < -0.4 is 10.8 Å². The number of hydroxylamine groups is 1. The zero-order chi connectivity index (χ0) is 20.7. The highest BCUT2D eigenvalue weighted by Gasteiger charge is 2.33. The first kappa shape index (κ1) is 19.0. The van der Waals surface area contributed by atoms with Gasteiger partial charge < -0.3 is 15.0 Å². The number of rotatable bonds is 8. The van der Waals surface area contributed by atoms with Crippen LogP contribution in [0.4, 0.5) is 15.8 Å². The molecule has 8 heteroatoms. The molecule has 0 unspecified atom stereocenters. The molecular formula is C22H23FN4O3. The molecule has 30 heavy (non-hydrogen) atoms. The van der Waals surface area contributed by atoms with E-state index in [2.05, 4.69) is 15.8 Å². The minimum absolute atomic E-state index is 0.0169. The highest BCUT2D eigenvalue weighted by molar-refractivity contribution is 6.09. The summed E-state index contributed by atoms with van der Waals surface area (Å²) in [4.78, 5) is 22.3. The average molecular weight is 410 g/mol. The van der Waals surface area contributed by atoms with Crippen molar-refractivity contribution < 1.29 is 19.1 Å². The standard InChI is InChI=1S/C22H23FN4O3/c23-17-11-14(13-1-2-13)3-6-18(17)25-20-16-12-24-8-7-19(16)27(15-4-5-15)21(20)22(29)26-30-10-9-28/h3,6-8,11-13,15,25,28H,1-2,4-5,9-10H2,(H,26,29). The number of aliphatic hydroxyl groups excluding tert-OH is 1. The zero-order valence-corrected chi connectivity index (χ0v) is 16.4. The highest BCUT2D eigenvalue weighted by Crippen LogP contribution is 2.44. The number of pyridine rings is 1. The van der Waals surface area contributed by atoms with E-state index in [9.17, 15) is 9.18 Å². The third-order valence-corrected chi connectivity index (χ3v) is 5.59. The van der Waals surface area contributed by atoms with Crippen molar-refractivity contribution in [3.05, 3.63) is 53.7 Å². The highest BCUT2D eigenvalue weighted by atomic mass is 19.1. The molecule has 5 rings (SSSR count). The molecule has 1 aromatic carbocycles. The zero-order valence-electron chi connectivity index (χ0n) is 16.4. The molecule has 156 valence electrons. The van der Waals surface area contributed by atoms with Gasteiger partial charge in [0.15, 0.2) is 0 Å². The first-order chi connectivity index (χ1) is 14.7. The van der Waals surface area contributed by atoms with Crippen LogP contribution in [0.15, 0.2) is 36.7 Å². The Hall–Kier alpha value is -2.97. The van der Waals surface area contributed by atoms with Crippen LogP contribution in [0.2, 0.25) is 0 Å². The number of aliphatic hydroxyl groups is 1. The number of aromatic nitrogens is 2. The number of nitrogens with zero attached hydrogens (tertiary/aromatic N) is 2. The lowest BCUT2D eigenvalue weighted by molar-refractivity contribution is 0.0163. The second-order valence-electron chi connectivity index (χ2n) is 7.86. The number of hydrogen-bond donors (Lipinski definition) is 3. The Morgan fingerprint density at radius 2 is 2.10 bits per heavy atom. The van der Waals surface area contributed by atoms with Gasteiger partial charge in [-0.05, 0) is 55.4 Å². The van der Waals surface area contributed by atoms with Gasteiger partial charge in [0.05, 0.1) is 30.1 Å². The number of carbonyl (C=O) groups excluding carboxylic acids is 1. The second kappa shape index (κ2) is 7.70. The van der Waals surface area contributed by atoms with Crippen molar-refractivity contribution in [3.63, 3.8) is 0 Å². The summed E-state index contributed by atoms with van der Waals surface area (Å²) in [5, 5.41) is 12.8. The summed E-state index contributed by atoms with van der Waals surface area (Å²) in [5.41, 5.74) is 5.42. The fourth-order valence-corrected chi connectivity index (χ4v) is 3.87. The third kappa shape index (κ3) is 3.53. The molecule has 2 aliphatic rings. The van der Waals surface area contributed by atoms with Crippen molar-refractivity contribution in [3.8, 4) is 0 Å². The molecule has 2 aliphatic carbocycles. The normalized spacial score (nSPS) is 16.1.